The van der Waals surface area contributed by atoms with Crippen LogP contribution < -0.4 is 15.4 Å². The van der Waals surface area contributed by atoms with Crippen molar-refractivity contribution >= 4 is 17.5 Å². The van der Waals surface area contributed by atoms with Gasteiger partial charge in [-0.25, -0.2) is 4.39 Å². The summed E-state index contributed by atoms with van der Waals surface area (Å²) in [6.45, 7) is 2.16. The lowest BCUT2D eigenvalue weighted by Crippen LogP contribution is -2.30. The number of carbonyl (C=O) groups is 2. The molecule has 5 nitrogen and oxygen atoms in total. The van der Waals surface area contributed by atoms with E-state index in [4.69, 9.17) is 4.74 Å². The monoisotopic (exact) mass is 406 g/mol. The second-order valence-corrected chi connectivity index (χ2v) is 6.77. The lowest BCUT2D eigenvalue weighted by molar-refractivity contribution is -0.122. The van der Waals surface area contributed by atoms with Crippen molar-refractivity contribution in [1.29, 1.82) is 0 Å². The Balaban J connectivity index is 1.47. The largest absolute Gasteiger partial charge is 0.481 e. The van der Waals surface area contributed by atoms with Crippen molar-refractivity contribution in [1.82, 2.24) is 5.32 Å². The minimum Gasteiger partial charge on any atom is -0.481 e. The van der Waals surface area contributed by atoms with E-state index in [1.54, 1.807) is 31.2 Å². The molecule has 0 heterocycles. The van der Waals surface area contributed by atoms with Gasteiger partial charge in [0.15, 0.2) is 6.10 Å². The van der Waals surface area contributed by atoms with E-state index < -0.39 is 6.10 Å². The van der Waals surface area contributed by atoms with Crippen LogP contribution in [-0.4, -0.2) is 24.5 Å². The average molecular weight is 406 g/mol. The number of hydrogen-bond acceptors (Lipinski definition) is 3. The Morgan fingerprint density at radius 1 is 0.933 bits per heavy atom. The highest BCUT2D eigenvalue weighted by molar-refractivity contribution is 5.95. The zero-order valence-electron chi connectivity index (χ0n) is 16.6. The summed E-state index contributed by atoms with van der Waals surface area (Å²) < 4.78 is 18.6. The van der Waals surface area contributed by atoms with E-state index in [2.05, 4.69) is 10.6 Å². The zero-order valence-corrected chi connectivity index (χ0v) is 16.6. The van der Waals surface area contributed by atoms with Crippen LogP contribution in [-0.2, 0) is 11.2 Å². The van der Waals surface area contributed by atoms with E-state index in [9.17, 15) is 14.0 Å². The Kier molecular flexibility index (Phi) is 7.16. The Hall–Kier alpha value is -3.67. The zero-order chi connectivity index (χ0) is 21.3. The first kappa shape index (κ1) is 21.0. The average Bonchev–Trinajstić information content (AvgIpc) is 2.76. The number of amides is 2. The van der Waals surface area contributed by atoms with E-state index in [-0.39, 0.29) is 17.6 Å². The third-order valence-electron chi connectivity index (χ3n) is 4.45. The highest BCUT2D eigenvalue weighted by Crippen LogP contribution is 2.15. The van der Waals surface area contributed by atoms with Crippen molar-refractivity contribution < 1.29 is 18.7 Å². The van der Waals surface area contributed by atoms with Crippen molar-refractivity contribution in [2.75, 3.05) is 11.9 Å². The van der Waals surface area contributed by atoms with Gasteiger partial charge in [-0.2, -0.15) is 0 Å². The summed E-state index contributed by atoms with van der Waals surface area (Å²) in [4.78, 5) is 24.5. The van der Waals surface area contributed by atoms with Gasteiger partial charge >= 0.3 is 0 Å². The standard InChI is InChI=1S/C24H23FN2O3/c1-17(23(28)27-21-11-9-20(25)10-12-21)30-22-13-7-19(8-14-22)24(29)26-16-15-18-5-3-2-4-6-18/h2-14,17H,15-16H2,1H3,(H,26,29)(H,27,28)/t17-/m1/s1. The van der Waals surface area contributed by atoms with Crippen LogP contribution in [0.25, 0.3) is 0 Å². The van der Waals surface area contributed by atoms with Crippen molar-refractivity contribution in [3.8, 4) is 5.75 Å². The molecule has 0 bridgehead atoms. The Morgan fingerprint density at radius 3 is 2.27 bits per heavy atom. The third-order valence-corrected chi connectivity index (χ3v) is 4.45. The summed E-state index contributed by atoms with van der Waals surface area (Å²) in [6, 6.07) is 22.0. The molecule has 0 unspecified atom stereocenters. The summed E-state index contributed by atoms with van der Waals surface area (Å²) in [5, 5.41) is 5.55. The van der Waals surface area contributed by atoms with Gasteiger partial charge in [0.1, 0.15) is 11.6 Å². The Morgan fingerprint density at radius 2 is 1.60 bits per heavy atom. The highest BCUT2D eigenvalue weighted by atomic mass is 19.1. The minimum absolute atomic E-state index is 0.167. The van der Waals surface area contributed by atoms with Gasteiger partial charge < -0.3 is 15.4 Å². The lowest BCUT2D eigenvalue weighted by Gasteiger charge is -2.15. The molecule has 0 spiro atoms. The van der Waals surface area contributed by atoms with Gasteiger partial charge in [-0.15, -0.1) is 0 Å². The maximum absolute atomic E-state index is 12.9. The van der Waals surface area contributed by atoms with Gasteiger partial charge in [-0.3, -0.25) is 9.59 Å². The maximum atomic E-state index is 12.9. The highest BCUT2D eigenvalue weighted by Gasteiger charge is 2.15. The molecule has 2 amide bonds. The number of halogens is 1. The number of carbonyl (C=O) groups excluding carboxylic acids is 2. The smallest absolute Gasteiger partial charge is 0.265 e. The normalized spacial score (nSPS) is 11.4. The number of anilines is 1. The first-order chi connectivity index (χ1) is 14.5. The van der Waals surface area contributed by atoms with Crippen LogP contribution in [0.15, 0.2) is 78.9 Å². The molecule has 1 atom stereocenters. The van der Waals surface area contributed by atoms with E-state index in [1.165, 1.54) is 24.3 Å². The fourth-order valence-electron chi connectivity index (χ4n) is 2.79. The second kappa shape index (κ2) is 10.2. The SMILES string of the molecule is C[C@@H](Oc1ccc(C(=O)NCCc2ccccc2)cc1)C(=O)Nc1ccc(F)cc1. The van der Waals surface area contributed by atoms with Crippen LogP contribution in [0.4, 0.5) is 10.1 Å². The molecule has 30 heavy (non-hydrogen) atoms. The molecule has 0 saturated carbocycles. The number of ether oxygens (including phenoxy) is 1. The van der Waals surface area contributed by atoms with Crippen LogP contribution in [0.5, 0.6) is 5.75 Å². The molecule has 0 saturated heterocycles. The first-order valence-electron chi connectivity index (χ1n) is 9.66. The van der Waals surface area contributed by atoms with Gasteiger partial charge in [0.2, 0.25) is 0 Å². The first-order valence-corrected chi connectivity index (χ1v) is 9.66. The number of nitrogens with one attached hydrogen (secondary N) is 2. The second-order valence-electron chi connectivity index (χ2n) is 6.77. The summed E-state index contributed by atoms with van der Waals surface area (Å²) in [5.41, 5.74) is 2.16. The van der Waals surface area contributed by atoms with Crippen molar-refractivity contribution in [3.05, 3.63) is 95.8 Å². The molecule has 0 aromatic heterocycles. The van der Waals surface area contributed by atoms with Crippen LogP contribution in [0.3, 0.4) is 0 Å². The summed E-state index contributed by atoms with van der Waals surface area (Å²) >= 11 is 0. The molecule has 6 heteroatoms. The summed E-state index contributed by atoms with van der Waals surface area (Å²) in [6.07, 6.45) is -0.00494. The van der Waals surface area contributed by atoms with Gasteiger partial charge in [0.25, 0.3) is 11.8 Å². The summed E-state index contributed by atoms with van der Waals surface area (Å²) in [7, 11) is 0. The molecule has 3 aromatic carbocycles. The van der Waals surface area contributed by atoms with Gasteiger partial charge in [-0.1, -0.05) is 30.3 Å². The van der Waals surface area contributed by atoms with Gasteiger partial charge in [0.05, 0.1) is 0 Å². The number of hydrogen-bond donors (Lipinski definition) is 2. The maximum Gasteiger partial charge on any atom is 0.265 e. The Labute approximate surface area is 174 Å². The molecular formula is C24H23FN2O3. The molecule has 0 aliphatic rings. The van der Waals surface area contributed by atoms with E-state index >= 15 is 0 Å². The molecule has 2 N–H and O–H groups in total. The van der Waals surface area contributed by atoms with Crippen molar-refractivity contribution in [2.24, 2.45) is 0 Å². The minimum atomic E-state index is -0.763. The molecule has 0 radical (unpaired) electrons. The van der Waals surface area contributed by atoms with Crippen molar-refractivity contribution in [3.63, 3.8) is 0 Å². The van der Waals surface area contributed by atoms with E-state index in [0.717, 1.165) is 12.0 Å². The molecule has 3 aromatic rings. The predicted octanol–water partition coefficient (Wildman–Crippen LogP) is 4.20. The quantitative estimate of drug-likeness (QED) is 0.589. The predicted molar refractivity (Wildman–Crippen MR) is 114 cm³/mol. The molecule has 154 valence electrons. The third kappa shape index (κ3) is 6.17. The molecule has 0 aliphatic heterocycles. The molecular weight excluding hydrogens is 383 g/mol. The van der Waals surface area contributed by atoms with E-state index in [0.29, 0.717) is 23.5 Å². The Bertz CT molecular complexity index is 974. The lowest BCUT2D eigenvalue weighted by atomic mass is 10.1. The summed E-state index contributed by atoms with van der Waals surface area (Å²) in [5.74, 6) is -0.428. The topological polar surface area (TPSA) is 67.4 Å². The van der Waals surface area contributed by atoms with Crippen LogP contribution in [0.1, 0.15) is 22.8 Å². The van der Waals surface area contributed by atoms with E-state index in [1.807, 2.05) is 30.3 Å². The van der Waals surface area contributed by atoms with Crippen LogP contribution in [0, 0.1) is 5.82 Å². The number of rotatable bonds is 8. The molecule has 0 aliphatic carbocycles. The fraction of sp³-hybridized carbons (Fsp3) is 0.167. The molecule has 3 rings (SSSR count). The van der Waals surface area contributed by atoms with Crippen LogP contribution >= 0.6 is 0 Å². The fourth-order valence-corrected chi connectivity index (χ4v) is 2.79. The van der Waals surface area contributed by atoms with Crippen LogP contribution in [0.2, 0.25) is 0 Å². The van der Waals surface area contributed by atoms with Gasteiger partial charge in [0, 0.05) is 17.8 Å². The molecule has 0 fully saturated rings. The van der Waals surface area contributed by atoms with Gasteiger partial charge in [-0.05, 0) is 67.4 Å². The number of benzene rings is 3. The van der Waals surface area contributed by atoms with Crippen molar-refractivity contribution in [2.45, 2.75) is 19.4 Å².